The van der Waals surface area contributed by atoms with Gasteiger partial charge in [0.25, 0.3) is 0 Å². The number of ether oxygens (including phenoxy) is 1. The Morgan fingerprint density at radius 2 is 2.04 bits per heavy atom. The molecule has 7 heteroatoms. The number of aromatic nitrogens is 2. The molecule has 24 heavy (non-hydrogen) atoms. The summed E-state index contributed by atoms with van der Waals surface area (Å²) in [6.07, 6.45) is 1.16. The van der Waals surface area contributed by atoms with Crippen LogP contribution in [0.25, 0.3) is 10.9 Å². The van der Waals surface area contributed by atoms with Crippen molar-refractivity contribution in [2.75, 3.05) is 13.1 Å². The first-order valence-electron chi connectivity index (χ1n) is 8.06. The number of hydrogen-bond acceptors (Lipinski definition) is 3. The molecule has 3 rings (SSSR count). The number of rotatable bonds is 1. The quantitative estimate of drug-likeness (QED) is 0.662. The van der Waals surface area contributed by atoms with E-state index >= 15 is 0 Å². The minimum atomic E-state index is -0.498. The van der Waals surface area contributed by atoms with Gasteiger partial charge in [-0.25, -0.2) is 9.18 Å². The number of hydrogen-bond donors (Lipinski definition) is 1. The van der Waals surface area contributed by atoms with E-state index in [1.807, 2.05) is 32.9 Å². The van der Waals surface area contributed by atoms with Crippen molar-refractivity contribution in [3.63, 3.8) is 0 Å². The van der Waals surface area contributed by atoms with Gasteiger partial charge in [-0.05, 0) is 73.8 Å². The number of amides is 1. The number of halogens is 2. The number of fused-ring (bicyclic) bond motifs is 1. The predicted octanol–water partition coefficient (Wildman–Crippen LogP) is 4.42. The molecule has 1 saturated heterocycles. The Morgan fingerprint density at radius 1 is 1.38 bits per heavy atom. The number of carbonyl (C=O) groups excluding carboxylic acids is 1. The van der Waals surface area contributed by atoms with Crippen molar-refractivity contribution in [1.82, 2.24) is 15.1 Å². The topological polar surface area (TPSA) is 58.2 Å². The summed E-state index contributed by atoms with van der Waals surface area (Å²) in [7, 11) is 0. The molecule has 1 fully saturated rings. The van der Waals surface area contributed by atoms with Crippen LogP contribution >= 0.6 is 22.6 Å². The fourth-order valence-electron chi connectivity index (χ4n) is 3.05. The largest absolute Gasteiger partial charge is 0.444 e. The fourth-order valence-corrected chi connectivity index (χ4v) is 3.60. The Morgan fingerprint density at radius 3 is 2.67 bits per heavy atom. The van der Waals surface area contributed by atoms with Crippen molar-refractivity contribution in [2.24, 2.45) is 0 Å². The summed E-state index contributed by atoms with van der Waals surface area (Å²) in [5.41, 5.74) is 0.586. The summed E-state index contributed by atoms with van der Waals surface area (Å²) in [5.74, 6) is -0.148. The van der Waals surface area contributed by atoms with Crippen molar-refractivity contribution < 1.29 is 13.9 Å². The lowest BCUT2D eigenvalue weighted by molar-refractivity contribution is 0.0204. The normalized spacial score (nSPS) is 16.6. The van der Waals surface area contributed by atoms with Crippen LogP contribution in [0.3, 0.4) is 0 Å². The van der Waals surface area contributed by atoms with Crippen LogP contribution in [0.1, 0.15) is 45.1 Å². The number of carbonyl (C=O) groups is 1. The van der Waals surface area contributed by atoms with Gasteiger partial charge in [0.15, 0.2) is 5.82 Å². The third kappa shape index (κ3) is 3.50. The lowest BCUT2D eigenvalue weighted by Crippen LogP contribution is -2.41. The monoisotopic (exact) mass is 445 g/mol. The maximum atomic E-state index is 14.8. The summed E-state index contributed by atoms with van der Waals surface area (Å²) in [4.78, 5) is 13.8. The molecular weight excluding hydrogens is 424 g/mol. The molecule has 130 valence electrons. The highest BCUT2D eigenvalue weighted by molar-refractivity contribution is 14.1. The van der Waals surface area contributed by atoms with Crippen LogP contribution in [0.15, 0.2) is 12.1 Å². The molecule has 1 aliphatic rings. The van der Waals surface area contributed by atoms with Gasteiger partial charge in [0, 0.05) is 18.5 Å². The van der Waals surface area contributed by atoms with Crippen LogP contribution in [0, 0.1) is 9.52 Å². The highest BCUT2D eigenvalue weighted by Crippen LogP contribution is 2.33. The molecule has 0 atom stereocenters. The molecule has 0 saturated carbocycles. The zero-order valence-corrected chi connectivity index (χ0v) is 16.2. The first-order valence-corrected chi connectivity index (χ1v) is 9.14. The number of nitrogens with one attached hydrogen (secondary N) is 1. The second-order valence-corrected chi connectivity index (χ2v) is 8.22. The molecule has 1 aromatic heterocycles. The van der Waals surface area contributed by atoms with Crippen molar-refractivity contribution in [3.05, 3.63) is 27.2 Å². The molecule has 0 bridgehead atoms. The highest BCUT2D eigenvalue weighted by Gasteiger charge is 2.29. The Kier molecular flexibility index (Phi) is 4.72. The Labute approximate surface area is 154 Å². The number of aromatic amines is 1. The molecule has 5 nitrogen and oxygen atoms in total. The molecule has 0 spiro atoms. The lowest BCUT2D eigenvalue weighted by Gasteiger charge is -2.33. The van der Waals surface area contributed by atoms with E-state index in [1.54, 1.807) is 4.90 Å². The van der Waals surface area contributed by atoms with Gasteiger partial charge in [-0.15, -0.1) is 0 Å². The summed E-state index contributed by atoms with van der Waals surface area (Å²) in [6, 6.07) is 3.77. The molecule has 2 aromatic rings. The summed E-state index contributed by atoms with van der Waals surface area (Å²) in [6.45, 7) is 6.72. The number of likely N-dealkylation sites (tertiary alicyclic amines) is 1. The van der Waals surface area contributed by atoms with Crippen molar-refractivity contribution >= 4 is 39.6 Å². The van der Waals surface area contributed by atoms with E-state index in [9.17, 15) is 9.18 Å². The van der Waals surface area contributed by atoms with Gasteiger partial charge in [-0.1, -0.05) is 6.07 Å². The maximum Gasteiger partial charge on any atom is 0.410 e. The first-order chi connectivity index (χ1) is 11.3. The molecule has 2 heterocycles. The van der Waals surface area contributed by atoms with Gasteiger partial charge in [0.05, 0.1) is 0 Å². The van der Waals surface area contributed by atoms with Crippen LogP contribution in [0.4, 0.5) is 9.18 Å². The van der Waals surface area contributed by atoms with Gasteiger partial charge < -0.3 is 9.64 Å². The molecule has 0 aliphatic carbocycles. The van der Waals surface area contributed by atoms with E-state index in [0.29, 0.717) is 24.2 Å². The van der Waals surface area contributed by atoms with Crippen LogP contribution in [-0.4, -0.2) is 39.9 Å². The highest BCUT2D eigenvalue weighted by atomic mass is 127. The van der Waals surface area contributed by atoms with E-state index in [1.165, 1.54) is 0 Å². The van der Waals surface area contributed by atoms with Crippen LogP contribution < -0.4 is 0 Å². The van der Waals surface area contributed by atoms with Crippen LogP contribution in [0.2, 0.25) is 0 Å². The Bertz CT molecular complexity index is 761. The summed E-state index contributed by atoms with van der Waals surface area (Å²) in [5, 5.41) is 7.69. The van der Waals surface area contributed by atoms with Gasteiger partial charge >= 0.3 is 6.09 Å². The van der Waals surface area contributed by atoms with Crippen molar-refractivity contribution in [3.8, 4) is 0 Å². The third-order valence-corrected chi connectivity index (χ3v) is 5.06. The van der Waals surface area contributed by atoms with Crippen molar-refractivity contribution in [1.29, 1.82) is 0 Å². The lowest BCUT2D eigenvalue weighted by atomic mass is 9.88. The van der Waals surface area contributed by atoms with Gasteiger partial charge in [0.2, 0.25) is 0 Å². The third-order valence-electron chi connectivity index (χ3n) is 4.23. The summed E-state index contributed by atoms with van der Waals surface area (Å²) >= 11 is 2.11. The van der Waals surface area contributed by atoms with Gasteiger partial charge in [0.1, 0.15) is 14.8 Å². The maximum absolute atomic E-state index is 14.8. The molecule has 0 radical (unpaired) electrons. The molecule has 1 N–H and O–H groups in total. The second kappa shape index (κ2) is 6.50. The van der Waals surface area contributed by atoms with Gasteiger partial charge in [-0.3, -0.25) is 5.10 Å². The zero-order chi connectivity index (χ0) is 17.5. The van der Waals surface area contributed by atoms with Crippen LogP contribution in [-0.2, 0) is 4.74 Å². The number of H-pyrrole nitrogens is 1. The summed E-state index contributed by atoms with van der Waals surface area (Å²) < 4.78 is 21.0. The van der Waals surface area contributed by atoms with Crippen LogP contribution in [0.5, 0.6) is 0 Å². The zero-order valence-electron chi connectivity index (χ0n) is 14.0. The minimum absolute atomic E-state index is 0.0995. The fraction of sp³-hybridized carbons (Fsp3) is 0.529. The van der Waals surface area contributed by atoms with E-state index in [-0.39, 0.29) is 17.8 Å². The molecule has 1 aromatic carbocycles. The Balaban J connectivity index is 1.71. The number of benzene rings is 1. The second-order valence-electron chi connectivity index (χ2n) is 7.14. The Hall–Kier alpha value is -1.38. The minimum Gasteiger partial charge on any atom is -0.444 e. The molecular formula is C17H21FIN3O2. The van der Waals surface area contributed by atoms with E-state index in [4.69, 9.17) is 4.74 Å². The number of nitrogens with zero attached hydrogens (tertiary/aromatic N) is 2. The number of piperidine rings is 1. The SMILES string of the molecule is CC(C)(C)OC(=O)N1CCC(c2ccc3c(I)[nH]nc3c2F)CC1. The first kappa shape index (κ1) is 17.4. The van der Waals surface area contributed by atoms with E-state index < -0.39 is 5.60 Å². The van der Waals surface area contributed by atoms with E-state index in [2.05, 4.69) is 32.8 Å². The standard InChI is InChI=1S/C17H21FIN3O2/c1-17(2,3)24-16(23)22-8-6-10(7-9-22)11-4-5-12-14(13(11)18)20-21-15(12)19/h4-5,10H,6-9H2,1-3H3,(H,20,21). The van der Waals surface area contributed by atoms with Crippen molar-refractivity contribution in [2.45, 2.75) is 45.1 Å². The van der Waals surface area contributed by atoms with Gasteiger partial charge in [-0.2, -0.15) is 5.10 Å². The molecule has 1 aliphatic heterocycles. The average Bonchev–Trinajstić information content (AvgIpc) is 2.89. The van der Waals surface area contributed by atoms with E-state index in [0.717, 1.165) is 21.9 Å². The molecule has 0 unspecified atom stereocenters. The average molecular weight is 445 g/mol. The smallest absolute Gasteiger partial charge is 0.410 e. The molecule has 1 amide bonds. The predicted molar refractivity (Wildman–Crippen MR) is 98.6 cm³/mol.